The first kappa shape index (κ1) is 15.2. The van der Waals surface area contributed by atoms with Crippen LogP contribution in [0.3, 0.4) is 0 Å². The largest absolute Gasteiger partial charge is 0.388 e. The maximum Gasteiger partial charge on any atom is 0.0785 e. The third-order valence-electron chi connectivity index (χ3n) is 3.45. The van der Waals surface area contributed by atoms with Crippen LogP contribution in [0, 0.1) is 6.92 Å². The summed E-state index contributed by atoms with van der Waals surface area (Å²) in [4.78, 5) is 0. The minimum Gasteiger partial charge on any atom is -0.388 e. The molecule has 0 aromatic heterocycles. The number of aryl methyl sites for hydroxylation is 1. The molecule has 0 spiro atoms. The highest BCUT2D eigenvalue weighted by Gasteiger charge is 2.29. The lowest BCUT2D eigenvalue weighted by molar-refractivity contribution is 0.0397. The third kappa shape index (κ3) is 3.33. The molecule has 18 heavy (non-hydrogen) atoms. The molecule has 2 N–H and O–H groups in total. The SMILES string of the molecule is CNC(c1cc(C(C)(C)C)ccc1C)C(C)(C)O. The molecule has 2 nitrogen and oxygen atoms in total. The van der Waals surface area contributed by atoms with E-state index in [4.69, 9.17) is 0 Å². The van der Waals surface area contributed by atoms with Gasteiger partial charge in [-0.25, -0.2) is 0 Å². The van der Waals surface area contributed by atoms with Gasteiger partial charge in [0.1, 0.15) is 0 Å². The first-order valence-corrected chi connectivity index (χ1v) is 6.58. The summed E-state index contributed by atoms with van der Waals surface area (Å²) >= 11 is 0. The van der Waals surface area contributed by atoms with Crippen LogP contribution < -0.4 is 5.32 Å². The summed E-state index contributed by atoms with van der Waals surface area (Å²) in [5.41, 5.74) is 3.03. The van der Waals surface area contributed by atoms with E-state index in [0.29, 0.717) is 0 Å². The fourth-order valence-corrected chi connectivity index (χ4v) is 2.31. The van der Waals surface area contributed by atoms with E-state index >= 15 is 0 Å². The summed E-state index contributed by atoms with van der Waals surface area (Å²) in [6.45, 7) is 12.4. The van der Waals surface area contributed by atoms with Crippen molar-refractivity contribution < 1.29 is 5.11 Å². The fourth-order valence-electron chi connectivity index (χ4n) is 2.31. The molecule has 0 radical (unpaired) electrons. The molecule has 0 saturated carbocycles. The molecule has 0 heterocycles. The third-order valence-corrected chi connectivity index (χ3v) is 3.45. The van der Waals surface area contributed by atoms with E-state index in [1.165, 1.54) is 16.7 Å². The topological polar surface area (TPSA) is 32.3 Å². The molecule has 1 aromatic carbocycles. The van der Waals surface area contributed by atoms with Crippen molar-refractivity contribution in [1.82, 2.24) is 5.32 Å². The predicted molar refractivity (Wildman–Crippen MR) is 78.0 cm³/mol. The fraction of sp³-hybridized carbons (Fsp3) is 0.625. The van der Waals surface area contributed by atoms with Crippen LogP contribution in [0.4, 0.5) is 0 Å². The molecule has 1 unspecified atom stereocenters. The Labute approximate surface area is 111 Å². The van der Waals surface area contributed by atoms with Crippen LogP contribution in [-0.2, 0) is 5.41 Å². The monoisotopic (exact) mass is 249 g/mol. The molecule has 0 aliphatic heterocycles. The minimum atomic E-state index is -0.782. The second-order valence-electron chi connectivity index (χ2n) is 6.70. The summed E-state index contributed by atoms with van der Waals surface area (Å²) in [5.74, 6) is 0. The summed E-state index contributed by atoms with van der Waals surface area (Å²) in [5, 5.41) is 13.5. The summed E-state index contributed by atoms with van der Waals surface area (Å²) < 4.78 is 0. The van der Waals surface area contributed by atoms with Gasteiger partial charge < -0.3 is 10.4 Å². The molecule has 0 bridgehead atoms. The average molecular weight is 249 g/mol. The maximum atomic E-state index is 10.3. The zero-order valence-corrected chi connectivity index (χ0v) is 12.8. The van der Waals surface area contributed by atoms with Gasteiger partial charge in [-0.15, -0.1) is 0 Å². The average Bonchev–Trinajstić information content (AvgIpc) is 2.18. The lowest BCUT2D eigenvalue weighted by atomic mass is 9.82. The lowest BCUT2D eigenvalue weighted by Gasteiger charge is -2.32. The van der Waals surface area contributed by atoms with Crippen molar-refractivity contribution in [3.8, 4) is 0 Å². The van der Waals surface area contributed by atoms with Gasteiger partial charge in [-0.1, -0.05) is 39.0 Å². The van der Waals surface area contributed by atoms with Gasteiger partial charge in [0, 0.05) is 0 Å². The van der Waals surface area contributed by atoms with Gasteiger partial charge in [0.2, 0.25) is 0 Å². The minimum absolute atomic E-state index is 0.0557. The van der Waals surface area contributed by atoms with Gasteiger partial charge in [-0.3, -0.25) is 0 Å². The Balaban J connectivity index is 3.31. The molecule has 1 aromatic rings. The summed E-state index contributed by atoms with van der Waals surface area (Å²) in [7, 11) is 1.89. The van der Waals surface area contributed by atoms with Crippen molar-refractivity contribution in [2.45, 2.75) is 58.6 Å². The molecule has 0 fully saturated rings. The summed E-state index contributed by atoms with van der Waals surface area (Å²) in [6, 6.07) is 6.48. The van der Waals surface area contributed by atoms with E-state index < -0.39 is 5.60 Å². The van der Waals surface area contributed by atoms with Gasteiger partial charge in [-0.2, -0.15) is 0 Å². The molecule has 1 atom stereocenters. The number of aliphatic hydroxyl groups is 1. The molecular formula is C16H27NO. The summed E-state index contributed by atoms with van der Waals surface area (Å²) in [6.07, 6.45) is 0. The quantitative estimate of drug-likeness (QED) is 0.861. The molecular weight excluding hydrogens is 222 g/mol. The van der Waals surface area contributed by atoms with Crippen molar-refractivity contribution in [3.05, 3.63) is 34.9 Å². The number of benzene rings is 1. The van der Waals surface area contributed by atoms with Crippen molar-refractivity contribution in [1.29, 1.82) is 0 Å². The van der Waals surface area contributed by atoms with E-state index in [1.54, 1.807) is 0 Å². The number of hydrogen-bond acceptors (Lipinski definition) is 2. The van der Waals surface area contributed by atoms with Crippen molar-refractivity contribution in [3.63, 3.8) is 0 Å². The number of nitrogens with one attached hydrogen (secondary N) is 1. The van der Waals surface area contributed by atoms with Crippen LogP contribution in [0.5, 0.6) is 0 Å². The van der Waals surface area contributed by atoms with Crippen molar-refractivity contribution in [2.24, 2.45) is 0 Å². The van der Waals surface area contributed by atoms with Crippen LogP contribution in [0.15, 0.2) is 18.2 Å². The Morgan fingerprint density at radius 2 is 1.67 bits per heavy atom. The van der Waals surface area contributed by atoms with E-state index in [9.17, 15) is 5.11 Å². The first-order chi connectivity index (χ1) is 8.07. The predicted octanol–water partition coefficient (Wildman–Crippen LogP) is 3.32. The highest BCUT2D eigenvalue weighted by Crippen LogP contribution is 2.31. The van der Waals surface area contributed by atoms with E-state index in [0.717, 1.165) is 0 Å². The van der Waals surface area contributed by atoms with Crippen molar-refractivity contribution in [2.75, 3.05) is 7.05 Å². The molecule has 0 aliphatic rings. The molecule has 0 amide bonds. The number of hydrogen-bond donors (Lipinski definition) is 2. The smallest absolute Gasteiger partial charge is 0.0785 e. The first-order valence-electron chi connectivity index (χ1n) is 6.58. The van der Waals surface area contributed by atoms with Gasteiger partial charge in [0.25, 0.3) is 0 Å². The van der Waals surface area contributed by atoms with Gasteiger partial charge >= 0.3 is 0 Å². The van der Waals surface area contributed by atoms with Crippen LogP contribution in [0.2, 0.25) is 0 Å². The highest BCUT2D eigenvalue weighted by atomic mass is 16.3. The second kappa shape index (κ2) is 5.02. The Morgan fingerprint density at radius 1 is 1.11 bits per heavy atom. The normalized spacial score (nSPS) is 14.7. The Bertz CT molecular complexity index is 410. The number of likely N-dealkylation sites (N-methyl/N-ethyl adjacent to an activating group) is 1. The zero-order chi connectivity index (χ0) is 14.1. The van der Waals surface area contributed by atoms with E-state index in [1.807, 2.05) is 20.9 Å². The van der Waals surface area contributed by atoms with Crippen LogP contribution in [0.25, 0.3) is 0 Å². The lowest BCUT2D eigenvalue weighted by Crippen LogP contribution is -2.38. The molecule has 2 heteroatoms. The van der Waals surface area contributed by atoms with Crippen LogP contribution in [0.1, 0.15) is 57.4 Å². The number of rotatable bonds is 3. The molecule has 1 rings (SSSR count). The van der Waals surface area contributed by atoms with Gasteiger partial charge in [-0.05, 0) is 49.9 Å². The van der Waals surface area contributed by atoms with Crippen LogP contribution >= 0.6 is 0 Å². The molecule has 102 valence electrons. The van der Waals surface area contributed by atoms with E-state index in [2.05, 4.69) is 51.2 Å². The zero-order valence-electron chi connectivity index (χ0n) is 12.8. The van der Waals surface area contributed by atoms with E-state index in [-0.39, 0.29) is 11.5 Å². The van der Waals surface area contributed by atoms with Gasteiger partial charge in [0.15, 0.2) is 0 Å². The van der Waals surface area contributed by atoms with Crippen molar-refractivity contribution >= 4 is 0 Å². The van der Waals surface area contributed by atoms with Gasteiger partial charge in [0.05, 0.1) is 11.6 Å². The maximum absolute atomic E-state index is 10.3. The molecule has 0 saturated heterocycles. The molecule has 0 aliphatic carbocycles. The highest BCUT2D eigenvalue weighted by molar-refractivity contribution is 5.37. The second-order valence-corrected chi connectivity index (χ2v) is 6.70. The Kier molecular flexibility index (Phi) is 4.24. The standard InChI is InChI=1S/C16H27NO/c1-11-8-9-12(15(2,3)4)10-13(11)14(17-7)16(5,6)18/h8-10,14,17-18H,1-7H3. The Morgan fingerprint density at radius 3 is 2.06 bits per heavy atom. The van der Waals surface area contributed by atoms with Crippen LogP contribution in [-0.4, -0.2) is 17.8 Å². The Hall–Kier alpha value is -0.860.